The number of aryl methyl sites for hydroxylation is 1. The first-order valence-electron chi connectivity index (χ1n) is 1.74. The summed E-state index contributed by atoms with van der Waals surface area (Å²) in [6.07, 6.45) is 1.41. The van der Waals surface area contributed by atoms with Gasteiger partial charge in [0, 0.05) is 0 Å². The van der Waals surface area contributed by atoms with E-state index in [-0.39, 0.29) is 0 Å². The molecule has 0 N–H and O–H groups in total. The van der Waals surface area contributed by atoms with E-state index in [2.05, 4.69) is 9.32 Å². The van der Waals surface area contributed by atoms with Crippen LogP contribution >= 0.6 is 0 Å². The van der Waals surface area contributed by atoms with Gasteiger partial charge < -0.3 is 0 Å². The molecule has 1 aromatic heterocycles. The molecule has 0 atom stereocenters. The molecular weight excluding hydrogens is 76.9 g/mol. The molecule has 0 bridgehead atoms. The first kappa shape index (κ1) is 3.59. The van der Waals surface area contributed by atoms with E-state index >= 15 is 0 Å². The molecule has 0 aliphatic rings. The zero-order chi connectivity index (χ0) is 4.41. The van der Waals surface area contributed by atoms with E-state index in [9.17, 15) is 0 Å². The number of rotatable bonds is 0. The SMILES string of the molecule is Cc1bocn1. The van der Waals surface area contributed by atoms with Crippen LogP contribution in [-0.4, -0.2) is 12.1 Å². The van der Waals surface area contributed by atoms with Crippen LogP contribution in [0.25, 0.3) is 0 Å². The van der Waals surface area contributed by atoms with Crippen LogP contribution < -0.4 is 0 Å². The van der Waals surface area contributed by atoms with Crippen molar-refractivity contribution in [2.24, 2.45) is 0 Å². The molecule has 0 aliphatic heterocycles. The fraction of sp³-hybridized carbons (Fsp3) is 0.333. The fourth-order valence-electron chi connectivity index (χ4n) is 0.273. The standard InChI is InChI=1S/C3H4BNO/c1-3-4-6-2-5-3/h2H,1H3. The number of aromatic nitrogens is 1. The summed E-state index contributed by atoms with van der Waals surface area (Å²) < 4.78 is 4.60. The van der Waals surface area contributed by atoms with Crippen molar-refractivity contribution in [1.29, 1.82) is 0 Å². The van der Waals surface area contributed by atoms with Crippen LogP contribution in [0, 0.1) is 6.92 Å². The topological polar surface area (TPSA) is 26.0 Å². The van der Waals surface area contributed by atoms with E-state index in [0.29, 0.717) is 0 Å². The molecular formula is C3H4BNO. The van der Waals surface area contributed by atoms with Gasteiger partial charge in [-0.1, -0.05) is 0 Å². The van der Waals surface area contributed by atoms with Gasteiger partial charge in [-0.25, -0.2) is 0 Å². The molecule has 0 aliphatic carbocycles. The molecule has 0 aromatic carbocycles. The van der Waals surface area contributed by atoms with Gasteiger partial charge >= 0.3 is 35.3 Å². The second-order valence-electron chi connectivity index (χ2n) is 1.13. The van der Waals surface area contributed by atoms with Gasteiger partial charge in [0.05, 0.1) is 0 Å². The van der Waals surface area contributed by atoms with Crippen molar-refractivity contribution in [3.63, 3.8) is 0 Å². The molecule has 30 valence electrons. The van der Waals surface area contributed by atoms with Crippen LogP contribution in [0.1, 0.15) is 5.59 Å². The second kappa shape index (κ2) is 1.24. The Hall–Kier alpha value is -0.595. The molecule has 2 nitrogen and oxygen atoms in total. The van der Waals surface area contributed by atoms with Gasteiger partial charge in [-0.2, -0.15) is 0 Å². The van der Waals surface area contributed by atoms with Gasteiger partial charge in [-0.05, 0) is 0 Å². The molecule has 0 radical (unpaired) electrons. The summed E-state index contributed by atoms with van der Waals surface area (Å²) in [5, 5.41) is 0. The predicted molar refractivity (Wildman–Crippen MR) is 22.6 cm³/mol. The summed E-state index contributed by atoms with van der Waals surface area (Å²) in [5.74, 6) is 0. The summed E-state index contributed by atoms with van der Waals surface area (Å²) in [6, 6.07) is 0. The molecule has 0 fully saturated rings. The normalized spacial score (nSPS) is 8.17. The summed E-state index contributed by atoms with van der Waals surface area (Å²) in [4.78, 5) is 3.75. The maximum atomic E-state index is 4.60. The summed E-state index contributed by atoms with van der Waals surface area (Å²) in [6.45, 7) is 1.88. The van der Waals surface area contributed by atoms with Crippen molar-refractivity contribution in [3.8, 4) is 0 Å². The van der Waals surface area contributed by atoms with E-state index in [1.807, 2.05) is 6.92 Å². The van der Waals surface area contributed by atoms with E-state index in [1.165, 1.54) is 6.39 Å². The van der Waals surface area contributed by atoms with Crippen molar-refractivity contribution < 1.29 is 4.33 Å². The minimum atomic E-state index is 0.926. The Morgan fingerprint density at radius 2 is 2.83 bits per heavy atom. The minimum absolute atomic E-state index is 0.926. The van der Waals surface area contributed by atoms with Crippen LogP contribution in [0.3, 0.4) is 0 Å². The van der Waals surface area contributed by atoms with E-state index in [0.717, 1.165) is 5.59 Å². The number of nitrogens with zero attached hydrogens (tertiary/aromatic N) is 1. The van der Waals surface area contributed by atoms with Crippen LogP contribution in [0.2, 0.25) is 0 Å². The average Bonchev–Trinajstić information content (AvgIpc) is 1.86. The van der Waals surface area contributed by atoms with Gasteiger partial charge in [-0.15, -0.1) is 0 Å². The van der Waals surface area contributed by atoms with Crippen molar-refractivity contribution in [2.45, 2.75) is 6.92 Å². The van der Waals surface area contributed by atoms with Crippen LogP contribution in [0.4, 0.5) is 0 Å². The molecule has 1 heterocycles. The Kier molecular flexibility index (Phi) is 0.745. The van der Waals surface area contributed by atoms with Crippen molar-refractivity contribution in [1.82, 2.24) is 4.98 Å². The third-order valence-electron chi connectivity index (χ3n) is 0.556. The predicted octanol–water partition coefficient (Wildman–Crippen LogP) is 0.321. The Balaban J connectivity index is 3.05. The number of hydrogen-bond donors (Lipinski definition) is 0. The zero-order valence-corrected chi connectivity index (χ0v) is 3.51. The molecule has 1 aromatic rings. The molecule has 1 rings (SSSR count). The van der Waals surface area contributed by atoms with Gasteiger partial charge in [-0.3, -0.25) is 0 Å². The summed E-state index contributed by atoms with van der Waals surface area (Å²) in [7, 11) is 1.60. The second-order valence-corrected chi connectivity index (χ2v) is 1.13. The molecule has 6 heavy (non-hydrogen) atoms. The van der Waals surface area contributed by atoms with E-state index < -0.39 is 0 Å². The molecule has 0 saturated carbocycles. The zero-order valence-electron chi connectivity index (χ0n) is 3.51. The molecule has 0 spiro atoms. The van der Waals surface area contributed by atoms with Crippen LogP contribution in [0.5, 0.6) is 0 Å². The molecule has 3 heteroatoms. The average molecular weight is 80.9 g/mol. The van der Waals surface area contributed by atoms with E-state index in [1.54, 1.807) is 7.13 Å². The van der Waals surface area contributed by atoms with Crippen molar-refractivity contribution >= 4 is 7.13 Å². The van der Waals surface area contributed by atoms with Gasteiger partial charge in [0.1, 0.15) is 0 Å². The Bertz CT molecular complexity index is 114. The molecule has 0 amide bonds. The van der Waals surface area contributed by atoms with Crippen molar-refractivity contribution in [3.05, 3.63) is 12.0 Å². The third kappa shape index (κ3) is 0.480. The summed E-state index contributed by atoms with van der Waals surface area (Å²) >= 11 is 0. The van der Waals surface area contributed by atoms with Gasteiger partial charge in [0.2, 0.25) is 0 Å². The first-order valence-corrected chi connectivity index (χ1v) is 1.74. The Morgan fingerprint density at radius 1 is 2.00 bits per heavy atom. The third-order valence-corrected chi connectivity index (χ3v) is 0.556. The maximum absolute atomic E-state index is 4.60. The summed E-state index contributed by atoms with van der Waals surface area (Å²) in [5.41, 5.74) is 0.926. The van der Waals surface area contributed by atoms with Crippen LogP contribution in [0.15, 0.2) is 10.7 Å². The van der Waals surface area contributed by atoms with Gasteiger partial charge in [0.15, 0.2) is 0 Å². The van der Waals surface area contributed by atoms with E-state index in [4.69, 9.17) is 0 Å². The first-order chi connectivity index (χ1) is 2.89. The van der Waals surface area contributed by atoms with Gasteiger partial charge in [0.25, 0.3) is 0 Å². The van der Waals surface area contributed by atoms with Crippen molar-refractivity contribution in [2.75, 3.05) is 0 Å². The quantitative estimate of drug-likeness (QED) is 0.449. The van der Waals surface area contributed by atoms with Crippen LogP contribution in [-0.2, 0) is 0 Å². The Labute approximate surface area is 36.4 Å². The molecule has 0 saturated heterocycles. The Morgan fingerprint density at radius 3 is 3.00 bits per heavy atom. The monoisotopic (exact) mass is 81.0 g/mol. The number of hydrogen-bond acceptors (Lipinski definition) is 2. The fourth-order valence-corrected chi connectivity index (χ4v) is 0.273. The molecule has 0 unspecified atom stereocenters.